The van der Waals surface area contributed by atoms with E-state index < -0.39 is 5.25 Å². The zero-order valence-corrected chi connectivity index (χ0v) is 15.5. The number of amidine groups is 1. The molecule has 1 aliphatic heterocycles. The minimum Gasteiger partial charge on any atom is -0.507 e. The van der Waals surface area contributed by atoms with Gasteiger partial charge in [0, 0.05) is 22.7 Å². The van der Waals surface area contributed by atoms with E-state index in [9.17, 15) is 14.7 Å². The highest BCUT2D eigenvalue weighted by molar-refractivity contribution is 8.15. The molecule has 1 atom stereocenters. The van der Waals surface area contributed by atoms with Gasteiger partial charge in [-0.25, -0.2) is 0 Å². The minimum atomic E-state index is -0.587. The molecule has 0 spiro atoms. The van der Waals surface area contributed by atoms with Gasteiger partial charge in [0.05, 0.1) is 6.21 Å². The van der Waals surface area contributed by atoms with Gasteiger partial charge in [0.15, 0.2) is 5.17 Å². The van der Waals surface area contributed by atoms with Crippen molar-refractivity contribution < 1.29 is 14.7 Å². The van der Waals surface area contributed by atoms with Crippen LogP contribution in [0, 0.1) is 0 Å². The first-order valence-corrected chi connectivity index (χ1v) is 9.19. The fraction of sp³-hybridized carbons (Fsp3) is 0.111. The Bertz CT molecular complexity index is 915. The molecule has 0 aliphatic carbocycles. The van der Waals surface area contributed by atoms with Gasteiger partial charge in [-0.2, -0.15) is 5.10 Å². The normalized spacial score (nSPS) is 18.0. The third-order valence-electron chi connectivity index (χ3n) is 3.56. The van der Waals surface area contributed by atoms with E-state index in [0.717, 1.165) is 11.8 Å². The van der Waals surface area contributed by atoms with Crippen molar-refractivity contribution in [2.24, 2.45) is 10.2 Å². The Kier molecular flexibility index (Phi) is 6.10. The summed E-state index contributed by atoms with van der Waals surface area (Å²) in [6, 6.07) is 13.4. The van der Waals surface area contributed by atoms with Crippen LogP contribution in [0.1, 0.15) is 12.0 Å². The molecule has 3 N–H and O–H groups in total. The van der Waals surface area contributed by atoms with E-state index in [2.05, 4.69) is 20.8 Å². The number of nitrogens with one attached hydrogen (secondary N) is 2. The zero-order valence-electron chi connectivity index (χ0n) is 13.9. The fourth-order valence-electron chi connectivity index (χ4n) is 2.24. The third-order valence-corrected chi connectivity index (χ3v) is 4.88. The summed E-state index contributed by atoms with van der Waals surface area (Å²) in [5.74, 6) is -0.506. The van der Waals surface area contributed by atoms with Gasteiger partial charge in [0.2, 0.25) is 11.8 Å². The average molecular weight is 403 g/mol. The molecule has 0 bridgehead atoms. The molecule has 0 radical (unpaired) electrons. The molecule has 1 fully saturated rings. The average Bonchev–Trinajstić information content (AvgIpc) is 2.98. The third kappa shape index (κ3) is 5.32. The van der Waals surface area contributed by atoms with Gasteiger partial charge in [-0.05, 0) is 36.4 Å². The maximum absolute atomic E-state index is 12.1. The number of carbonyl (C=O) groups is 2. The van der Waals surface area contributed by atoms with E-state index in [1.165, 1.54) is 12.3 Å². The van der Waals surface area contributed by atoms with Crippen molar-refractivity contribution in [2.45, 2.75) is 11.7 Å². The van der Waals surface area contributed by atoms with Crippen molar-refractivity contribution in [3.63, 3.8) is 0 Å². The lowest BCUT2D eigenvalue weighted by Gasteiger charge is -2.07. The molecule has 2 amide bonds. The molecule has 9 heteroatoms. The van der Waals surface area contributed by atoms with Crippen LogP contribution in [-0.2, 0) is 9.59 Å². The fourth-order valence-corrected chi connectivity index (χ4v) is 3.29. The van der Waals surface area contributed by atoms with Crippen LogP contribution in [0.4, 0.5) is 5.69 Å². The number of thioether (sulfide) groups is 1. The Morgan fingerprint density at radius 2 is 2.00 bits per heavy atom. The number of benzene rings is 2. The molecule has 1 aliphatic rings. The molecule has 27 heavy (non-hydrogen) atoms. The first-order valence-electron chi connectivity index (χ1n) is 7.93. The number of phenols is 1. The Balaban J connectivity index is 1.56. The van der Waals surface area contributed by atoms with E-state index in [1.54, 1.807) is 42.5 Å². The second-order valence-corrected chi connectivity index (χ2v) is 7.19. The first-order chi connectivity index (χ1) is 13.0. The summed E-state index contributed by atoms with van der Waals surface area (Å²) >= 11 is 6.93. The largest absolute Gasteiger partial charge is 0.507 e. The van der Waals surface area contributed by atoms with E-state index in [4.69, 9.17) is 11.6 Å². The van der Waals surface area contributed by atoms with Gasteiger partial charge in [0.25, 0.3) is 0 Å². The van der Waals surface area contributed by atoms with Gasteiger partial charge < -0.3 is 15.7 Å². The highest BCUT2D eigenvalue weighted by atomic mass is 35.5. The van der Waals surface area contributed by atoms with Crippen molar-refractivity contribution in [3.8, 4) is 5.75 Å². The van der Waals surface area contributed by atoms with Gasteiger partial charge in [-0.15, -0.1) is 5.10 Å². The quantitative estimate of drug-likeness (QED) is 0.528. The molecule has 2 aromatic carbocycles. The maximum atomic E-state index is 12.1. The van der Waals surface area contributed by atoms with E-state index in [1.807, 2.05) is 0 Å². The zero-order chi connectivity index (χ0) is 19.2. The van der Waals surface area contributed by atoms with Crippen LogP contribution in [-0.4, -0.2) is 33.6 Å². The molecule has 7 nitrogen and oxygen atoms in total. The van der Waals surface area contributed by atoms with Crippen molar-refractivity contribution in [3.05, 3.63) is 59.1 Å². The lowest BCUT2D eigenvalue weighted by molar-refractivity contribution is -0.122. The number of hydrogen-bond acceptors (Lipinski definition) is 6. The number of halogens is 1. The number of nitrogens with zero attached hydrogens (tertiary/aromatic N) is 2. The standard InChI is InChI=1S/C18H15ClN4O3S/c19-12-5-7-13(8-6-12)21-16(25)9-15-17(26)22-18(27-15)23-20-10-11-3-1-2-4-14(11)24/h1-8,10,15,24H,9H2,(H,21,25)(H,22,23,26)/b20-10+. The lowest BCUT2D eigenvalue weighted by Crippen LogP contribution is -2.28. The second-order valence-electron chi connectivity index (χ2n) is 5.56. The van der Waals surface area contributed by atoms with Crippen LogP contribution in [0.3, 0.4) is 0 Å². The summed E-state index contributed by atoms with van der Waals surface area (Å²) in [7, 11) is 0. The Morgan fingerprint density at radius 1 is 1.26 bits per heavy atom. The van der Waals surface area contributed by atoms with Gasteiger partial charge in [-0.3, -0.25) is 9.59 Å². The number of hydrogen-bond donors (Lipinski definition) is 3. The summed E-state index contributed by atoms with van der Waals surface area (Å²) in [5, 5.41) is 23.0. The summed E-state index contributed by atoms with van der Waals surface area (Å²) in [6.07, 6.45) is 1.39. The number of rotatable bonds is 5. The minimum absolute atomic E-state index is 0.00132. The van der Waals surface area contributed by atoms with Gasteiger partial charge >= 0.3 is 0 Å². The Labute approximate surface area is 164 Å². The molecular weight excluding hydrogens is 388 g/mol. The van der Waals surface area contributed by atoms with Crippen LogP contribution in [0.25, 0.3) is 0 Å². The molecule has 1 saturated heterocycles. The lowest BCUT2D eigenvalue weighted by atomic mass is 10.2. The van der Waals surface area contributed by atoms with Gasteiger partial charge in [0.1, 0.15) is 11.0 Å². The summed E-state index contributed by atoms with van der Waals surface area (Å²) in [5.41, 5.74) is 1.11. The van der Waals surface area contributed by atoms with Crippen LogP contribution >= 0.6 is 23.4 Å². The number of amides is 2. The summed E-state index contributed by atoms with van der Waals surface area (Å²) in [4.78, 5) is 24.1. The predicted molar refractivity (Wildman–Crippen MR) is 107 cm³/mol. The number of aromatic hydroxyl groups is 1. The second kappa shape index (κ2) is 8.70. The van der Waals surface area contributed by atoms with Crippen LogP contribution in [0.15, 0.2) is 58.7 Å². The molecule has 3 rings (SSSR count). The smallest absolute Gasteiger partial charge is 0.240 e. The van der Waals surface area contributed by atoms with Crippen molar-refractivity contribution in [1.82, 2.24) is 5.32 Å². The molecule has 0 saturated carbocycles. The Hall–Kier alpha value is -2.84. The van der Waals surface area contributed by atoms with Crippen LogP contribution < -0.4 is 10.6 Å². The van der Waals surface area contributed by atoms with E-state index in [-0.39, 0.29) is 24.0 Å². The molecule has 0 aromatic heterocycles. The highest BCUT2D eigenvalue weighted by Crippen LogP contribution is 2.23. The van der Waals surface area contributed by atoms with Crippen LogP contribution in [0.2, 0.25) is 5.02 Å². The molecule has 1 heterocycles. The highest BCUT2D eigenvalue weighted by Gasteiger charge is 2.32. The number of anilines is 1. The van der Waals surface area contributed by atoms with E-state index in [0.29, 0.717) is 21.4 Å². The van der Waals surface area contributed by atoms with Crippen LogP contribution in [0.5, 0.6) is 5.75 Å². The molecular formula is C18H15ClN4O3S. The first kappa shape index (κ1) is 18.9. The molecule has 1 unspecified atom stereocenters. The molecule has 138 valence electrons. The number of para-hydroxylation sites is 1. The number of carbonyl (C=O) groups excluding carboxylic acids is 2. The summed E-state index contributed by atoms with van der Waals surface area (Å²) in [6.45, 7) is 0. The van der Waals surface area contributed by atoms with Crippen molar-refractivity contribution >= 4 is 52.2 Å². The summed E-state index contributed by atoms with van der Waals surface area (Å²) < 4.78 is 0. The monoisotopic (exact) mass is 402 g/mol. The predicted octanol–water partition coefficient (Wildman–Crippen LogP) is 3.00. The maximum Gasteiger partial charge on any atom is 0.240 e. The molecule has 2 aromatic rings. The number of phenolic OH excluding ortho intramolecular Hbond substituents is 1. The van der Waals surface area contributed by atoms with Crippen molar-refractivity contribution in [1.29, 1.82) is 0 Å². The topological polar surface area (TPSA) is 103 Å². The Morgan fingerprint density at radius 3 is 2.74 bits per heavy atom. The van der Waals surface area contributed by atoms with Crippen molar-refractivity contribution in [2.75, 3.05) is 5.32 Å². The van der Waals surface area contributed by atoms with Gasteiger partial charge in [-0.1, -0.05) is 35.5 Å². The van der Waals surface area contributed by atoms with E-state index >= 15 is 0 Å². The SMILES string of the molecule is O=C(CC1S/C(=N/N=C/c2ccccc2O)NC1=O)Nc1ccc(Cl)cc1.